The van der Waals surface area contributed by atoms with Crippen LogP contribution >= 0.6 is 11.6 Å². The molecule has 1 saturated heterocycles. The minimum atomic E-state index is -0.901. The molecule has 1 atom stereocenters. The molecule has 1 aliphatic rings. The van der Waals surface area contributed by atoms with Gasteiger partial charge in [0.1, 0.15) is 6.04 Å². The van der Waals surface area contributed by atoms with E-state index in [1.807, 2.05) is 0 Å². The zero-order valence-corrected chi connectivity index (χ0v) is 10.1. The van der Waals surface area contributed by atoms with Gasteiger partial charge in [-0.2, -0.15) is 0 Å². The van der Waals surface area contributed by atoms with Gasteiger partial charge in [-0.05, 0) is 18.9 Å². The van der Waals surface area contributed by atoms with Crippen LogP contribution in [0.25, 0.3) is 0 Å². The number of nitrogens with zero attached hydrogens (tertiary/aromatic N) is 2. The van der Waals surface area contributed by atoms with E-state index in [9.17, 15) is 14.9 Å². The van der Waals surface area contributed by atoms with Crippen molar-refractivity contribution in [3.63, 3.8) is 0 Å². The first-order valence-corrected chi connectivity index (χ1v) is 5.82. The normalized spacial score (nSPS) is 18.9. The Balaban J connectivity index is 2.33. The topological polar surface area (TPSA) is 83.7 Å². The number of hydrogen-bond acceptors (Lipinski definition) is 4. The molecule has 1 heterocycles. The van der Waals surface area contributed by atoms with Crippen molar-refractivity contribution in [2.75, 3.05) is 11.4 Å². The van der Waals surface area contributed by atoms with Gasteiger partial charge in [-0.3, -0.25) is 10.1 Å². The number of carbonyl (C=O) groups is 1. The molecule has 6 nitrogen and oxygen atoms in total. The third-order valence-electron chi connectivity index (χ3n) is 2.99. The van der Waals surface area contributed by atoms with Crippen LogP contribution in [0.2, 0.25) is 5.02 Å². The summed E-state index contributed by atoms with van der Waals surface area (Å²) in [5.41, 5.74) is 0.432. The summed E-state index contributed by atoms with van der Waals surface area (Å²) in [7, 11) is 0. The second-order valence-corrected chi connectivity index (χ2v) is 4.49. The van der Waals surface area contributed by atoms with Gasteiger partial charge in [0.25, 0.3) is 5.69 Å². The van der Waals surface area contributed by atoms with E-state index in [4.69, 9.17) is 16.7 Å². The second kappa shape index (κ2) is 4.81. The maximum Gasteiger partial charge on any atom is 0.326 e. The molecule has 0 saturated carbocycles. The molecule has 0 aliphatic carbocycles. The van der Waals surface area contributed by atoms with E-state index in [2.05, 4.69) is 0 Å². The highest BCUT2D eigenvalue weighted by molar-refractivity contribution is 6.33. The number of aliphatic carboxylic acids is 1. The largest absolute Gasteiger partial charge is 0.480 e. The highest BCUT2D eigenvalue weighted by atomic mass is 35.5. The van der Waals surface area contributed by atoms with Gasteiger partial charge in [0, 0.05) is 18.7 Å². The molecule has 96 valence electrons. The van der Waals surface area contributed by atoms with E-state index >= 15 is 0 Å². The monoisotopic (exact) mass is 270 g/mol. The molecule has 0 bridgehead atoms. The van der Waals surface area contributed by atoms with Crippen LogP contribution in [-0.2, 0) is 4.79 Å². The smallest absolute Gasteiger partial charge is 0.326 e. The fraction of sp³-hybridized carbons (Fsp3) is 0.364. The van der Waals surface area contributed by atoms with E-state index in [1.54, 1.807) is 4.90 Å². The predicted molar refractivity (Wildman–Crippen MR) is 66.1 cm³/mol. The number of nitro benzene ring substituents is 1. The molecule has 1 N–H and O–H groups in total. The first kappa shape index (κ1) is 12.6. The Morgan fingerprint density at radius 3 is 2.83 bits per heavy atom. The van der Waals surface area contributed by atoms with Gasteiger partial charge in [0.05, 0.1) is 15.6 Å². The molecule has 0 unspecified atom stereocenters. The number of halogens is 1. The number of carboxylic acids is 1. The molecule has 1 aromatic rings. The van der Waals surface area contributed by atoms with Crippen LogP contribution < -0.4 is 4.90 Å². The third kappa shape index (κ3) is 2.24. The Labute approximate surface area is 108 Å². The van der Waals surface area contributed by atoms with Gasteiger partial charge < -0.3 is 10.0 Å². The molecule has 1 aliphatic heterocycles. The van der Waals surface area contributed by atoms with Gasteiger partial charge >= 0.3 is 5.97 Å². The maximum absolute atomic E-state index is 11.1. The van der Waals surface area contributed by atoms with Crippen LogP contribution in [0.5, 0.6) is 0 Å². The number of non-ortho nitro benzene ring substituents is 1. The molecule has 0 amide bonds. The van der Waals surface area contributed by atoms with E-state index in [1.165, 1.54) is 18.2 Å². The number of hydrogen-bond donors (Lipinski definition) is 1. The van der Waals surface area contributed by atoms with Gasteiger partial charge in [-0.15, -0.1) is 0 Å². The minimum absolute atomic E-state index is 0.102. The van der Waals surface area contributed by atoms with Gasteiger partial charge in [-0.1, -0.05) is 11.6 Å². The average Bonchev–Trinajstić information content (AvgIpc) is 2.77. The third-order valence-corrected chi connectivity index (χ3v) is 3.29. The van der Waals surface area contributed by atoms with Crippen molar-refractivity contribution >= 4 is 28.9 Å². The highest BCUT2D eigenvalue weighted by Gasteiger charge is 2.32. The van der Waals surface area contributed by atoms with E-state index in [0.717, 1.165) is 6.42 Å². The lowest BCUT2D eigenvalue weighted by atomic mass is 10.2. The first-order chi connectivity index (χ1) is 8.50. The quantitative estimate of drug-likeness (QED) is 0.673. The molecule has 18 heavy (non-hydrogen) atoms. The molecular formula is C11H11ClN2O4. The molecule has 1 fully saturated rings. The predicted octanol–water partition coefficient (Wildman–Crippen LogP) is 2.30. The Kier molecular flexibility index (Phi) is 3.38. The van der Waals surface area contributed by atoms with Crippen LogP contribution in [-0.4, -0.2) is 28.6 Å². The Morgan fingerprint density at radius 2 is 2.28 bits per heavy atom. The standard InChI is InChI=1S/C11H11ClN2O4/c12-8-6-7(14(17)18)3-4-9(8)13-5-1-2-10(13)11(15)16/h3-4,6,10H,1-2,5H2,(H,15,16)/t10-/m1/s1. The number of rotatable bonds is 3. The number of benzene rings is 1. The zero-order valence-electron chi connectivity index (χ0n) is 9.38. The van der Waals surface area contributed by atoms with E-state index in [0.29, 0.717) is 18.7 Å². The molecular weight excluding hydrogens is 260 g/mol. The first-order valence-electron chi connectivity index (χ1n) is 5.44. The van der Waals surface area contributed by atoms with Crippen molar-refractivity contribution in [3.8, 4) is 0 Å². The Hall–Kier alpha value is -1.82. The number of carboxylic acid groups (broad SMARTS) is 1. The maximum atomic E-state index is 11.1. The Morgan fingerprint density at radius 1 is 1.56 bits per heavy atom. The lowest BCUT2D eigenvalue weighted by Gasteiger charge is -2.24. The SMILES string of the molecule is O=C(O)[C@H]1CCCN1c1ccc([N+](=O)[O-])cc1Cl. The Bertz CT molecular complexity index is 506. The van der Waals surface area contributed by atoms with E-state index in [-0.39, 0.29) is 10.7 Å². The zero-order chi connectivity index (χ0) is 13.3. The van der Waals surface area contributed by atoms with Crippen LogP contribution in [0.1, 0.15) is 12.8 Å². The van der Waals surface area contributed by atoms with Crippen LogP contribution in [0, 0.1) is 10.1 Å². The summed E-state index contributed by atoms with van der Waals surface area (Å²) in [6.07, 6.45) is 1.33. The molecule has 0 aromatic heterocycles. The fourth-order valence-corrected chi connectivity index (χ4v) is 2.44. The molecule has 0 spiro atoms. The summed E-state index contributed by atoms with van der Waals surface area (Å²) in [5.74, 6) is -0.901. The average molecular weight is 271 g/mol. The van der Waals surface area contributed by atoms with Crippen molar-refractivity contribution in [2.24, 2.45) is 0 Å². The van der Waals surface area contributed by atoms with Gasteiger partial charge in [-0.25, -0.2) is 4.79 Å². The van der Waals surface area contributed by atoms with Crippen molar-refractivity contribution in [2.45, 2.75) is 18.9 Å². The summed E-state index contributed by atoms with van der Waals surface area (Å²) >= 11 is 5.98. The molecule has 1 aromatic carbocycles. The van der Waals surface area contributed by atoms with Crippen molar-refractivity contribution in [1.29, 1.82) is 0 Å². The van der Waals surface area contributed by atoms with Crippen molar-refractivity contribution in [1.82, 2.24) is 0 Å². The van der Waals surface area contributed by atoms with Crippen LogP contribution in [0.4, 0.5) is 11.4 Å². The van der Waals surface area contributed by atoms with E-state index < -0.39 is 16.9 Å². The summed E-state index contributed by atoms with van der Waals surface area (Å²) in [4.78, 5) is 22.8. The lowest BCUT2D eigenvalue weighted by Crippen LogP contribution is -2.36. The second-order valence-electron chi connectivity index (χ2n) is 4.08. The van der Waals surface area contributed by atoms with Crippen LogP contribution in [0.15, 0.2) is 18.2 Å². The van der Waals surface area contributed by atoms with Gasteiger partial charge in [0.15, 0.2) is 0 Å². The molecule has 7 heteroatoms. The van der Waals surface area contributed by atoms with Crippen molar-refractivity contribution in [3.05, 3.63) is 33.3 Å². The van der Waals surface area contributed by atoms with Crippen LogP contribution in [0.3, 0.4) is 0 Å². The molecule has 2 rings (SSSR count). The summed E-state index contributed by atoms with van der Waals surface area (Å²) < 4.78 is 0. The van der Waals surface area contributed by atoms with Gasteiger partial charge in [0.2, 0.25) is 0 Å². The van der Waals surface area contributed by atoms with Crippen molar-refractivity contribution < 1.29 is 14.8 Å². The summed E-state index contributed by atoms with van der Waals surface area (Å²) in [6.45, 7) is 0.592. The summed E-state index contributed by atoms with van der Waals surface area (Å²) in [5, 5.41) is 19.9. The number of nitro groups is 1. The number of anilines is 1. The fourth-order valence-electron chi connectivity index (χ4n) is 2.15. The lowest BCUT2D eigenvalue weighted by molar-refractivity contribution is -0.384. The highest BCUT2D eigenvalue weighted by Crippen LogP contribution is 2.34. The minimum Gasteiger partial charge on any atom is -0.480 e. The molecule has 0 radical (unpaired) electrons. The summed E-state index contributed by atoms with van der Waals surface area (Å²) in [6, 6.07) is 3.47.